The molecule has 2 heterocycles. The molecule has 5 heteroatoms. The van der Waals surface area contributed by atoms with Gasteiger partial charge in [0.25, 0.3) is 0 Å². The Kier molecular flexibility index (Phi) is 2.98. The second kappa shape index (κ2) is 4.27. The summed E-state index contributed by atoms with van der Waals surface area (Å²) in [5, 5.41) is 2.83. The molecule has 1 unspecified atom stereocenters. The third-order valence-electron chi connectivity index (χ3n) is 2.82. The fraction of sp³-hybridized carbons (Fsp3) is 0.545. The number of carbonyl (C=O) groups excluding carboxylic acids is 1. The van der Waals surface area contributed by atoms with E-state index in [9.17, 15) is 4.79 Å². The van der Waals surface area contributed by atoms with Gasteiger partial charge in [0.1, 0.15) is 11.3 Å². The number of nitrogens with one attached hydrogen (secondary N) is 1. The summed E-state index contributed by atoms with van der Waals surface area (Å²) >= 11 is 0. The van der Waals surface area contributed by atoms with Crippen molar-refractivity contribution in [1.29, 1.82) is 0 Å². The second-order valence-corrected chi connectivity index (χ2v) is 4.17. The van der Waals surface area contributed by atoms with Gasteiger partial charge in [-0.25, -0.2) is 0 Å². The molecular formula is C11H16N2O3. The average Bonchev–Trinajstić information content (AvgIpc) is 2.88. The van der Waals surface area contributed by atoms with Crippen LogP contribution in [-0.4, -0.2) is 24.7 Å². The molecule has 0 bridgehead atoms. The van der Waals surface area contributed by atoms with E-state index in [1.54, 1.807) is 12.3 Å². The Labute approximate surface area is 93.9 Å². The molecule has 1 aliphatic rings. The number of carbonyl (C=O) groups is 1. The van der Waals surface area contributed by atoms with Crippen molar-refractivity contribution in [3.63, 3.8) is 0 Å². The fourth-order valence-electron chi connectivity index (χ4n) is 1.71. The molecule has 3 N–H and O–H groups in total. The summed E-state index contributed by atoms with van der Waals surface area (Å²) in [6, 6.07) is 3.43. The standard InChI is InChI=1S/C11H16N2O3/c1-8(9-3-2-5-16-9)13-10(14)11(12)4-6-15-7-11/h2-3,5,8H,4,6-7,12H2,1H3,(H,13,14)/t8-,11?/m1/s1. The van der Waals surface area contributed by atoms with Crippen molar-refractivity contribution < 1.29 is 13.9 Å². The van der Waals surface area contributed by atoms with Crippen LogP contribution in [-0.2, 0) is 9.53 Å². The van der Waals surface area contributed by atoms with Crippen LogP contribution in [0.1, 0.15) is 25.1 Å². The summed E-state index contributed by atoms with van der Waals surface area (Å²) in [6.45, 7) is 2.68. The monoisotopic (exact) mass is 224 g/mol. The van der Waals surface area contributed by atoms with Crippen molar-refractivity contribution in [3.05, 3.63) is 24.2 Å². The van der Waals surface area contributed by atoms with Crippen LogP contribution in [0.5, 0.6) is 0 Å². The van der Waals surface area contributed by atoms with Gasteiger partial charge in [-0.05, 0) is 25.5 Å². The summed E-state index contributed by atoms with van der Waals surface area (Å²) in [4.78, 5) is 11.9. The van der Waals surface area contributed by atoms with E-state index < -0.39 is 5.54 Å². The van der Waals surface area contributed by atoms with Crippen LogP contribution in [0.25, 0.3) is 0 Å². The molecule has 1 fully saturated rings. The van der Waals surface area contributed by atoms with Gasteiger partial charge in [-0.1, -0.05) is 0 Å². The van der Waals surface area contributed by atoms with Gasteiger partial charge in [0.05, 0.1) is 18.9 Å². The molecule has 0 spiro atoms. The highest BCUT2D eigenvalue weighted by Gasteiger charge is 2.38. The minimum absolute atomic E-state index is 0.177. The van der Waals surface area contributed by atoms with Crippen molar-refractivity contribution in [2.45, 2.75) is 24.9 Å². The van der Waals surface area contributed by atoms with Crippen molar-refractivity contribution in [2.75, 3.05) is 13.2 Å². The highest BCUT2D eigenvalue weighted by molar-refractivity contribution is 5.86. The van der Waals surface area contributed by atoms with Crippen LogP contribution >= 0.6 is 0 Å². The van der Waals surface area contributed by atoms with Gasteiger partial charge in [-0.15, -0.1) is 0 Å². The van der Waals surface area contributed by atoms with Crippen molar-refractivity contribution >= 4 is 5.91 Å². The first-order chi connectivity index (χ1) is 7.62. The van der Waals surface area contributed by atoms with E-state index in [1.165, 1.54) is 0 Å². The van der Waals surface area contributed by atoms with E-state index in [2.05, 4.69) is 5.32 Å². The van der Waals surface area contributed by atoms with Crippen molar-refractivity contribution in [3.8, 4) is 0 Å². The van der Waals surface area contributed by atoms with E-state index in [0.717, 1.165) is 5.76 Å². The minimum atomic E-state index is -0.888. The number of rotatable bonds is 3. The number of hydrogen-bond donors (Lipinski definition) is 2. The lowest BCUT2D eigenvalue weighted by atomic mass is 9.99. The van der Waals surface area contributed by atoms with E-state index in [0.29, 0.717) is 13.0 Å². The zero-order valence-corrected chi connectivity index (χ0v) is 9.23. The van der Waals surface area contributed by atoms with Gasteiger partial charge < -0.3 is 20.2 Å². The average molecular weight is 224 g/mol. The lowest BCUT2D eigenvalue weighted by Gasteiger charge is -2.22. The number of hydrogen-bond acceptors (Lipinski definition) is 4. The predicted molar refractivity (Wildman–Crippen MR) is 57.6 cm³/mol. The SMILES string of the molecule is C[C@@H](NC(=O)C1(N)CCOC1)c1ccco1. The lowest BCUT2D eigenvalue weighted by molar-refractivity contribution is -0.127. The highest BCUT2D eigenvalue weighted by atomic mass is 16.5. The number of nitrogens with two attached hydrogens (primary N) is 1. The molecule has 0 radical (unpaired) electrons. The van der Waals surface area contributed by atoms with E-state index in [-0.39, 0.29) is 18.6 Å². The Balaban J connectivity index is 1.97. The van der Waals surface area contributed by atoms with Gasteiger partial charge in [0.15, 0.2) is 0 Å². The Morgan fingerprint density at radius 2 is 2.50 bits per heavy atom. The summed E-state index contributed by atoms with van der Waals surface area (Å²) in [6.07, 6.45) is 2.14. The highest BCUT2D eigenvalue weighted by Crippen LogP contribution is 2.18. The summed E-state index contributed by atoms with van der Waals surface area (Å²) in [5.41, 5.74) is 5.05. The van der Waals surface area contributed by atoms with Crippen LogP contribution < -0.4 is 11.1 Å². The third-order valence-corrected chi connectivity index (χ3v) is 2.82. The first-order valence-electron chi connectivity index (χ1n) is 5.33. The van der Waals surface area contributed by atoms with Crippen LogP contribution in [0.4, 0.5) is 0 Å². The predicted octanol–water partition coefficient (Wildman–Crippen LogP) is 0.575. The Bertz CT molecular complexity index is 355. The number of ether oxygens (including phenoxy) is 1. The molecule has 0 aromatic carbocycles. The van der Waals surface area contributed by atoms with Crippen LogP contribution in [0.2, 0.25) is 0 Å². The van der Waals surface area contributed by atoms with Gasteiger partial charge in [0, 0.05) is 6.61 Å². The molecule has 1 amide bonds. The van der Waals surface area contributed by atoms with Crippen LogP contribution in [0.3, 0.4) is 0 Å². The van der Waals surface area contributed by atoms with E-state index in [1.807, 2.05) is 13.0 Å². The molecule has 5 nitrogen and oxygen atoms in total. The zero-order valence-electron chi connectivity index (χ0n) is 9.23. The maximum Gasteiger partial charge on any atom is 0.243 e. The maximum absolute atomic E-state index is 11.9. The Morgan fingerprint density at radius 3 is 3.06 bits per heavy atom. The third kappa shape index (κ3) is 2.10. The van der Waals surface area contributed by atoms with Crippen LogP contribution in [0, 0.1) is 0 Å². The largest absolute Gasteiger partial charge is 0.467 e. The minimum Gasteiger partial charge on any atom is -0.467 e. The first kappa shape index (κ1) is 11.2. The molecule has 2 rings (SSSR count). The molecular weight excluding hydrogens is 208 g/mol. The lowest BCUT2D eigenvalue weighted by Crippen LogP contribution is -2.54. The topological polar surface area (TPSA) is 77.5 Å². The Hall–Kier alpha value is -1.33. The Morgan fingerprint density at radius 1 is 1.69 bits per heavy atom. The van der Waals surface area contributed by atoms with Crippen LogP contribution in [0.15, 0.2) is 22.8 Å². The first-order valence-corrected chi connectivity index (χ1v) is 5.33. The summed E-state index contributed by atoms with van der Waals surface area (Å²) < 4.78 is 10.3. The molecule has 1 saturated heterocycles. The van der Waals surface area contributed by atoms with Gasteiger partial charge >= 0.3 is 0 Å². The molecule has 2 atom stereocenters. The summed E-state index contributed by atoms with van der Waals surface area (Å²) in [7, 11) is 0. The van der Waals surface area contributed by atoms with Crippen molar-refractivity contribution in [1.82, 2.24) is 5.32 Å². The molecule has 16 heavy (non-hydrogen) atoms. The van der Waals surface area contributed by atoms with Gasteiger partial charge in [-0.2, -0.15) is 0 Å². The fourth-order valence-corrected chi connectivity index (χ4v) is 1.71. The van der Waals surface area contributed by atoms with Gasteiger partial charge in [0.2, 0.25) is 5.91 Å². The van der Waals surface area contributed by atoms with E-state index >= 15 is 0 Å². The maximum atomic E-state index is 11.9. The molecule has 1 aromatic rings. The van der Waals surface area contributed by atoms with E-state index in [4.69, 9.17) is 14.9 Å². The number of furan rings is 1. The quantitative estimate of drug-likeness (QED) is 0.787. The summed E-state index contributed by atoms with van der Waals surface area (Å²) in [5.74, 6) is 0.532. The molecule has 1 aliphatic heterocycles. The number of amides is 1. The zero-order chi connectivity index (χ0) is 11.6. The molecule has 88 valence electrons. The second-order valence-electron chi connectivity index (χ2n) is 4.17. The van der Waals surface area contributed by atoms with Gasteiger partial charge in [-0.3, -0.25) is 4.79 Å². The molecule has 0 aliphatic carbocycles. The molecule has 1 aromatic heterocycles. The van der Waals surface area contributed by atoms with Crippen molar-refractivity contribution in [2.24, 2.45) is 5.73 Å². The normalized spacial score (nSPS) is 26.6. The molecule has 0 saturated carbocycles. The smallest absolute Gasteiger partial charge is 0.243 e.